The molecule has 2 heterocycles. The highest BCUT2D eigenvalue weighted by Gasteiger charge is 2.54. The van der Waals surface area contributed by atoms with Gasteiger partial charge >= 0.3 is 7.60 Å². The van der Waals surface area contributed by atoms with Gasteiger partial charge in [0.15, 0.2) is 22.3 Å². The van der Waals surface area contributed by atoms with Crippen molar-refractivity contribution in [3.8, 4) is 0 Å². The highest BCUT2D eigenvalue weighted by Crippen LogP contribution is 2.59. The van der Waals surface area contributed by atoms with E-state index in [9.17, 15) is 24.3 Å². The number of nitrogens with zero attached hydrogens (tertiary/aromatic N) is 4. The van der Waals surface area contributed by atoms with Crippen LogP contribution in [0.25, 0.3) is 11.2 Å². The third-order valence-corrected chi connectivity index (χ3v) is 6.75. The monoisotopic (exact) mass is 415 g/mol. The van der Waals surface area contributed by atoms with Crippen molar-refractivity contribution < 1.29 is 29.0 Å². The van der Waals surface area contributed by atoms with Crippen LogP contribution in [0.3, 0.4) is 0 Å². The maximum atomic E-state index is 12.7. The summed E-state index contributed by atoms with van der Waals surface area (Å²) in [5, 5.41) is 7.88. The summed E-state index contributed by atoms with van der Waals surface area (Å²) in [6, 6.07) is 0. The standard InChI is InChI=1S/C16H26N5O6P/c1-9(2)16(10(3)4,28(24,25)26)27-11(6-22)5-12(23)21-8-20-13-14(17)18-7-19-15(13)21/h7-11,22H,5-6H2,1-4H3,(H2,17,18,19)(H2,24,25,26)/t11-/m1/s1. The second-order valence-electron chi connectivity index (χ2n) is 7.17. The Labute approximate surface area is 162 Å². The molecule has 2 rings (SSSR count). The van der Waals surface area contributed by atoms with Crippen LogP contribution in [-0.4, -0.2) is 58.4 Å². The Morgan fingerprint density at radius 2 is 1.86 bits per heavy atom. The molecule has 2 aromatic rings. The summed E-state index contributed by atoms with van der Waals surface area (Å²) in [6.45, 7) is 5.89. The second kappa shape index (κ2) is 8.22. The maximum absolute atomic E-state index is 12.7. The van der Waals surface area contributed by atoms with E-state index in [4.69, 9.17) is 10.5 Å². The lowest BCUT2D eigenvalue weighted by Gasteiger charge is -2.43. The highest BCUT2D eigenvalue weighted by atomic mass is 31.2. The third-order valence-electron chi connectivity index (χ3n) is 4.70. The molecule has 12 heteroatoms. The van der Waals surface area contributed by atoms with Crippen molar-refractivity contribution in [1.82, 2.24) is 19.5 Å². The van der Waals surface area contributed by atoms with E-state index in [0.29, 0.717) is 0 Å². The summed E-state index contributed by atoms with van der Waals surface area (Å²) in [6.07, 6.45) is 0.946. The van der Waals surface area contributed by atoms with Crippen LogP contribution >= 0.6 is 7.60 Å². The van der Waals surface area contributed by atoms with Crippen LogP contribution in [0.2, 0.25) is 0 Å². The number of imidazole rings is 1. The average Bonchev–Trinajstić information content (AvgIpc) is 3.02. The maximum Gasteiger partial charge on any atom is 0.357 e. The van der Waals surface area contributed by atoms with Crippen LogP contribution < -0.4 is 5.73 Å². The largest absolute Gasteiger partial charge is 0.394 e. The Hall–Kier alpha value is -1.91. The van der Waals surface area contributed by atoms with E-state index >= 15 is 0 Å². The molecule has 0 aliphatic carbocycles. The molecule has 0 unspecified atom stereocenters. The molecule has 2 aromatic heterocycles. The minimum absolute atomic E-state index is 0.117. The molecule has 0 aliphatic heterocycles. The number of hydrogen-bond acceptors (Lipinski definition) is 8. The molecule has 0 fully saturated rings. The van der Waals surface area contributed by atoms with Crippen LogP contribution in [0.15, 0.2) is 12.7 Å². The molecule has 0 amide bonds. The number of rotatable bonds is 8. The smallest absolute Gasteiger partial charge is 0.357 e. The fourth-order valence-electron chi connectivity index (χ4n) is 3.42. The highest BCUT2D eigenvalue weighted by molar-refractivity contribution is 7.53. The molecule has 0 aromatic carbocycles. The molecule has 28 heavy (non-hydrogen) atoms. The van der Waals surface area contributed by atoms with E-state index in [1.54, 1.807) is 27.7 Å². The predicted molar refractivity (Wildman–Crippen MR) is 101 cm³/mol. The lowest BCUT2D eigenvalue weighted by molar-refractivity contribution is -0.118. The Bertz CT molecular complexity index is 885. The first-order valence-corrected chi connectivity index (χ1v) is 10.4. The van der Waals surface area contributed by atoms with Crippen molar-refractivity contribution >= 4 is 30.5 Å². The van der Waals surface area contributed by atoms with Gasteiger partial charge in [-0.05, 0) is 11.8 Å². The summed E-state index contributed by atoms with van der Waals surface area (Å²) < 4.78 is 19.2. The first-order valence-electron chi connectivity index (χ1n) is 8.76. The summed E-state index contributed by atoms with van der Waals surface area (Å²) in [7, 11) is -4.74. The van der Waals surface area contributed by atoms with Gasteiger partial charge in [0.2, 0.25) is 5.91 Å². The van der Waals surface area contributed by atoms with Crippen molar-refractivity contribution in [2.75, 3.05) is 12.3 Å². The number of ether oxygens (including phenoxy) is 1. The van der Waals surface area contributed by atoms with E-state index in [1.807, 2.05) is 0 Å². The molecule has 0 bridgehead atoms. The van der Waals surface area contributed by atoms with Crippen molar-refractivity contribution in [2.45, 2.75) is 45.6 Å². The van der Waals surface area contributed by atoms with Crippen LogP contribution in [0.5, 0.6) is 0 Å². The molecule has 1 atom stereocenters. The number of anilines is 1. The van der Waals surface area contributed by atoms with Gasteiger partial charge in [-0.1, -0.05) is 27.7 Å². The van der Waals surface area contributed by atoms with Gasteiger partial charge in [-0.25, -0.2) is 15.0 Å². The molecule has 156 valence electrons. The van der Waals surface area contributed by atoms with Gasteiger partial charge in [-0.2, -0.15) is 0 Å². The zero-order valence-electron chi connectivity index (χ0n) is 16.2. The lowest BCUT2D eigenvalue weighted by Crippen LogP contribution is -2.47. The predicted octanol–water partition coefficient (Wildman–Crippen LogP) is 1.00. The first kappa shape index (κ1) is 22.4. The molecular weight excluding hydrogens is 389 g/mol. The Balaban J connectivity index is 2.33. The molecule has 0 spiro atoms. The van der Waals surface area contributed by atoms with Crippen molar-refractivity contribution in [1.29, 1.82) is 0 Å². The van der Waals surface area contributed by atoms with Gasteiger partial charge in [0.05, 0.1) is 19.1 Å². The number of carbonyl (C=O) groups is 1. The molecule has 0 radical (unpaired) electrons. The van der Waals surface area contributed by atoms with Crippen molar-refractivity contribution in [3.05, 3.63) is 12.7 Å². The lowest BCUT2D eigenvalue weighted by atomic mass is 9.94. The van der Waals surface area contributed by atoms with Gasteiger partial charge in [0.1, 0.15) is 12.7 Å². The zero-order chi connectivity index (χ0) is 21.3. The Kier molecular flexibility index (Phi) is 6.57. The zero-order valence-corrected chi connectivity index (χ0v) is 17.1. The van der Waals surface area contributed by atoms with Gasteiger partial charge in [0.25, 0.3) is 0 Å². The van der Waals surface area contributed by atoms with Crippen LogP contribution in [-0.2, 0) is 9.30 Å². The molecule has 11 nitrogen and oxygen atoms in total. The van der Waals surface area contributed by atoms with Gasteiger partial charge in [-0.3, -0.25) is 13.9 Å². The molecule has 0 saturated carbocycles. The van der Waals surface area contributed by atoms with Gasteiger partial charge in [-0.15, -0.1) is 0 Å². The number of fused-ring (bicyclic) bond motifs is 1. The number of carbonyl (C=O) groups excluding carboxylic acids is 1. The van der Waals surface area contributed by atoms with Crippen molar-refractivity contribution in [2.24, 2.45) is 11.8 Å². The van der Waals surface area contributed by atoms with Crippen LogP contribution in [0.1, 0.15) is 38.9 Å². The van der Waals surface area contributed by atoms with E-state index in [1.165, 1.54) is 12.7 Å². The third kappa shape index (κ3) is 3.94. The van der Waals surface area contributed by atoms with Crippen LogP contribution in [0.4, 0.5) is 5.82 Å². The van der Waals surface area contributed by atoms with Gasteiger partial charge < -0.3 is 25.4 Å². The Morgan fingerprint density at radius 1 is 1.25 bits per heavy atom. The summed E-state index contributed by atoms with van der Waals surface area (Å²) in [5.41, 5.74) is 6.16. The second-order valence-corrected chi connectivity index (χ2v) is 8.96. The fourth-order valence-corrected chi connectivity index (χ4v) is 5.05. The molecular formula is C16H26N5O6P. The summed E-state index contributed by atoms with van der Waals surface area (Å²) >= 11 is 0. The molecule has 0 aliphatic rings. The average molecular weight is 415 g/mol. The van der Waals surface area contributed by atoms with E-state index < -0.39 is 43.4 Å². The van der Waals surface area contributed by atoms with Crippen molar-refractivity contribution in [3.63, 3.8) is 0 Å². The van der Waals surface area contributed by atoms with Crippen LogP contribution in [0, 0.1) is 11.8 Å². The minimum atomic E-state index is -4.74. The number of aliphatic hydroxyl groups excluding tert-OH is 1. The number of nitrogen functional groups attached to an aromatic ring is 1. The van der Waals surface area contributed by atoms with Gasteiger partial charge in [0, 0.05) is 0 Å². The Morgan fingerprint density at radius 3 is 2.36 bits per heavy atom. The minimum Gasteiger partial charge on any atom is -0.394 e. The van der Waals surface area contributed by atoms with E-state index in [-0.39, 0.29) is 23.4 Å². The van der Waals surface area contributed by atoms with E-state index in [2.05, 4.69) is 15.0 Å². The number of nitrogens with two attached hydrogens (primary N) is 1. The fraction of sp³-hybridized carbons (Fsp3) is 0.625. The first-order chi connectivity index (χ1) is 13.0. The number of aliphatic hydroxyl groups is 1. The summed E-state index contributed by atoms with van der Waals surface area (Å²) in [4.78, 5) is 44.5. The normalized spacial score (nSPS) is 14.2. The topological polar surface area (TPSA) is 174 Å². The molecule has 5 N–H and O–H groups in total. The number of hydrogen-bond donors (Lipinski definition) is 4. The SMILES string of the molecule is CC(C)C(O[C@@H](CO)CC(=O)n1cnc2c(N)ncnc21)(C(C)C)P(=O)(O)O. The molecule has 0 saturated heterocycles. The summed E-state index contributed by atoms with van der Waals surface area (Å²) in [5.74, 6) is -1.54. The van der Waals surface area contributed by atoms with E-state index in [0.717, 1.165) is 4.57 Å². The quantitative estimate of drug-likeness (QED) is 0.455. The number of aromatic nitrogens is 4.